The van der Waals surface area contributed by atoms with E-state index in [9.17, 15) is 22.4 Å². The average Bonchev–Trinajstić information content (AvgIpc) is 3.44. The Hall–Kier alpha value is -3.60. The minimum atomic E-state index is -3.02. The molecule has 0 spiro atoms. The van der Waals surface area contributed by atoms with Gasteiger partial charge in [0.15, 0.2) is 23.1 Å². The molecule has 33 heavy (non-hydrogen) atoms. The van der Waals surface area contributed by atoms with E-state index in [-0.39, 0.29) is 29.8 Å². The Morgan fingerprint density at radius 2 is 2.06 bits per heavy atom. The lowest BCUT2D eigenvalue weighted by molar-refractivity contribution is -0.116. The summed E-state index contributed by atoms with van der Waals surface area (Å²) in [5.41, 5.74) is 0.705. The third-order valence-corrected chi connectivity index (χ3v) is 4.81. The number of halogens is 4. The van der Waals surface area contributed by atoms with E-state index in [4.69, 9.17) is 9.47 Å². The largest absolute Gasteiger partial charge is 0.484 e. The Balaban J connectivity index is 1.48. The molecule has 2 heterocycles. The highest BCUT2D eigenvalue weighted by atomic mass is 19.3. The van der Waals surface area contributed by atoms with Crippen LogP contribution in [0.3, 0.4) is 0 Å². The number of alkyl halides is 2. The van der Waals surface area contributed by atoms with Crippen molar-refractivity contribution in [1.29, 1.82) is 0 Å². The van der Waals surface area contributed by atoms with Crippen LogP contribution in [0.25, 0.3) is 11.3 Å². The summed E-state index contributed by atoms with van der Waals surface area (Å²) in [5, 5.41) is 6.57. The second kappa shape index (κ2) is 9.90. The van der Waals surface area contributed by atoms with Crippen LogP contribution in [0.2, 0.25) is 0 Å². The van der Waals surface area contributed by atoms with Gasteiger partial charge in [-0.2, -0.15) is 13.9 Å². The van der Waals surface area contributed by atoms with Gasteiger partial charge in [-0.25, -0.2) is 8.78 Å². The highest BCUT2D eigenvalue weighted by Gasteiger charge is 2.21. The number of benzene rings is 2. The third-order valence-electron chi connectivity index (χ3n) is 4.81. The second-order valence-corrected chi connectivity index (χ2v) is 7.19. The fourth-order valence-electron chi connectivity index (χ4n) is 3.28. The van der Waals surface area contributed by atoms with Gasteiger partial charge in [0.1, 0.15) is 12.6 Å². The Labute approximate surface area is 185 Å². The SMILES string of the molecule is O=C(Cn1ccc(-c2ccc(OC(F)F)c(O[C@@H]3CCOC3)c2)n1)Nc1cccc(F)c1F. The monoisotopic (exact) mass is 465 g/mol. The zero-order valence-corrected chi connectivity index (χ0v) is 17.1. The molecule has 0 bridgehead atoms. The Bertz CT molecular complexity index is 1130. The summed E-state index contributed by atoms with van der Waals surface area (Å²) < 4.78 is 69.4. The van der Waals surface area contributed by atoms with Crippen molar-refractivity contribution in [2.45, 2.75) is 25.7 Å². The van der Waals surface area contributed by atoms with Crippen LogP contribution in [0, 0.1) is 11.6 Å². The summed E-state index contributed by atoms with van der Waals surface area (Å²) >= 11 is 0. The number of hydrogen-bond acceptors (Lipinski definition) is 5. The molecule has 1 aliphatic rings. The third kappa shape index (κ3) is 5.61. The van der Waals surface area contributed by atoms with E-state index in [1.807, 2.05) is 0 Å². The van der Waals surface area contributed by atoms with Gasteiger partial charge in [0, 0.05) is 18.2 Å². The van der Waals surface area contributed by atoms with E-state index in [1.165, 1.54) is 41.2 Å². The second-order valence-electron chi connectivity index (χ2n) is 7.19. The van der Waals surface area contributed by atoms with Crippen molar-refractivity contribution in [3.8, 4) is 22.8 Å². The van der Waals surface area contributed by atoms with Crippen molar-refractivity contribution in [3.63, 3.8) is 0 Å². The summed E-state index contributed by atoms with van der Waals surface area (Å²) in [7, 11) is 0. The van der Waals surface area contributed by atoms with Crippen LogP contribution in [0.4, 0.5) is 23.2 Å². The highest BCUT2D eigenvalue weighted by molar-refractivity contribution is 5.90. The van der Waals surface area contributed by atoms with Gasteiger partial charge < -0.3 is 19.5 Å². The minimum Gasteiger partial charge on any atom is -0.484 e. The van der Waals surface area contributed by atoms with Crippen LogP contribution in [0.1, 0.15) is 6.42 Å². The first kappa shape index (κ1) is 22.6. The summed E-state index contributed by atoms with van der Waals surface area (Å²) in [6, 6.07) is 9.48. The number of anilines is 1. The normalized spacial score (nSPS) is 15.6. The van der Waals surface area contributed by atoms with Crippen LogP contribution in [0.15, 0.2) is 48.7 Å². The smallest absolute Gasteiger partial charge is 0.387 e. The maximum atomic E-state index is 13.7. The first-order valence-corrected chi connectivity index (χ1v) is 10.00. The first-order chi connectivity index (χ1) is 15.9. The fraction of sp³-hybridized carbons (Fsp3) is 0.273. The molecule has 0 radical (unpaired) electrons. The van der Waals surface area contributed by atoms with Crippen LogP contribution in [-0.4, -0.2) is 41.6 Å². The quantitative estimate of drug-likeness (QED) is 0.504. The molecule has 1 fully saturated rings. The number of nitrogens with zero attached hydrogens (tertiary/aromatic N) is 2. The molecule has 11 heteroatoms. The van der Waals surface area contributed by atoms with Gasteiger partial charge in [-0.1, -0.05) is 6.07 Å². The molecular formula is C22H19F4N3O4. The number of carbonyl (C=O) groups is 1. The van der Waals surface area contributed by atoms with Gasteiger partial charge in [0.2, 0.25) is 5.91 Å². The van der Waals surface area contributed by atoms with Gasteiger partial charge in [-0.15, -0.1) is 0 Å². The number of nitrogens with one attached hydrogen (secondary N) is 1. The van der Waals surface area contributed by atoms with Crippen molar-refractivity contribution < 1.29 is 36.6 Å². The zero-order valence-electron chi connectivity index (χ0n) is 17.1. The number of hydrogen-bond donors (Lipinski definition) is 1. The minimum absolute atomic E-state index is 0.114. The van der Waals surface area contributed by atoms with Crippen LogP contribution < -0.4 is 14.8 Å². The first-order valence-electron chi connectivity index (χ1n) is 10.00. The highest BCUT2D eigenvalue weighted by Crippen LogP contribution is 2.34. The lowest BCUT2D eigenvalue weighted by Gasteiger charge is -2.16. The lowest BCUT2D eigenvalue weighted by atomic mass is 10.1. The standard InChI is InChI=1S/C22H19F4N3O4/c23-15-2-1-3-17(21(15)24)27-20(30)11-29-8-6-16(28-29)13-4-5-18(33-22(25)26)19(10-13)32-14-7-9-31-12-14/h1-6,8,10,14,22H,7,9,11-12H2,(H,27,30)/t14-/m1/s1. The molecule has 1 aromatic heterocycles. The van der Waals surface area contributed by atoms with Crippen LogP contribution in [0.5, 0.6) is 11.5 Å². The van der Waals surface area contributed by atoms with E-state index in [0.717, 1.165) is 6.07 Å². The van der Waals surface area contributed by atoms with Gasteiger partial charge in [0.25, 0.3) is 0 Å². The molecule has 0 saturated carbocycles. The molecule has 1 saturated heterocycles. The summed E-state index contributed by atoms with van der Waals surface area (Å²) in [4.78, 5) is 12.2. The molecule has 1 aliphatic heterocycles. The van der Waals surface area contributed by atoms with E-state index >= 15 is 0 Å². The summed E-state index contributed by atoms with van der Waals surface area (Å²) in [6.07, 6.45) is 1.85. The van der Waals surface area contributed by atoms with Gasteiger partial charge in [-0.3, -0.25) is 9.48 Å². The molecule has 0 unspecified atom stereocenters. The van der Waals surface area contributed by atoms with Crippen LogP contribution in [-0.2, 0) is 16.1 Å². The Kier molecular flexibility index (Phi) is 6.78. The molecule has 1 N–H and O–H groups in total. The van der Waals surface area contributed by atoms with E-state index in [1.54, 1.807) is 6.07 Å². The Morgan fingerprint density at radius 3 is 2.82 bits per heavy atom. The van der Waals surface area contributed by atoms with Gasteiger partial charge in [-0.05, 0) is 36.4 Å². The zero-order chi connectivity index (χ0) is 23.4. The average molecular weight is 465 g/mol. The number of ether oxygens (including phenoxy) is 3. The predicted octanol–water partition coefficient (Wildman–Crippen LogP) is 4.24. The predicted molar refractivity (Wildman–Crippen MR) is 109 cm³/mol. The van der Waals surface area contributed by atoms with Crippen molar-refractivity contribution in [3.05, 3.63) is 60.3 Å². The molecule has 2 aromatic carbocycles. The lowest BCUT2D eigenvalue weighted by Crippen LogP contribution is -2.20. The van der Waals surface area contributed by atoms with E-state index < -0.39 is 24.2 Å². The molecular weight excluding hydrogens is 446 g/mol. The summed E-state index contributed by atoms with van der Waals surface area (Å²) in [5.74, 6) is -2.83. The Morgan fingerprint density at radius 1 is 1.21 bits per heavy atom. The number of aromatic nitrogens is 2. The van der Waals surface area contributed by atoms with Gasteiger partial charge in [0.05, 0.1) is 24.6 Å². The maximum absolute atomic E-state index is 13.7. The number of rotatable bonds is 8. The van der Waals surface area contributed by atoms with E-state index in [2.05, 4.69) is 15.2 Å². The van der Waals surface area contributed by atoms with Gasteiger partial charge >= 0.3 is 6.61 Å². The van der Waals surface area contributed by atoms with Crippen molar-refractivity contribution in [2.24, 2.45) is 0 Å². The number of amides is 1. The van der Waals surface area contributed by atoms with Crippen molar-refractivity contribution >= 4 is 11.6 Å². The topological polar surface area (TPSA) is 74.6 Å². The van der Waals surface area contributed by atoms with Crippen molar-refractivity contribution in [2.75, 3.05) is 18.5 Å². The van der Waals surface area contributed by atoms with Crippen molar-refractivity contribution in [1.82, 2.24) is 9.78 Å². The number of carbonyl (C=O) groups excluding carboxylic acids is 1. The molecule has 7 nitrogen and oxygen atoms in total. The molecule has 0 aliphatic carbocycles. The molecule has 174 valence electrons. The van der Waals surface area contributed by atoms with E-state index in [0.29, 0.717) is 30.9 Å². The van der Waals surface area contributed by atoms with Crippen LogP contribution >= 0.6 is 0 Å². The molecule has 1 atom stereocenters. The molecule has 4 rings (SSSR count). The molecule has 3 aromatic rings. The maximum Gasteiger partial charge on any atom is 0.387 e. The fourth-order valence-corrected chi connectivity index (χ4v) is 3.28. The molecule has 1 amide bonds. The summed E-state index contributed by atoms with van der Waals surface area (Å²) in [6.45, 7) is -2.42.